The molecule has 84 valence electrons. The number of aliphatic carboxylic acids is 1. The Bertz CT molecular complexity index is 161. The third-order valence-corrected chi connectivity index (χ3v) is 2.29. The standard InChI is InChI=1S/C10H19FO3/c1-3-8(2)4-5-9(10(12)13)14-7-6-11/h8-9H,3-7H2,1-2H3,(H,12,13). The first-order valence-corrected chi connectivity index (χ1v) is 5.02. The summed E-state index contributed by atoms with van der Waals surface area (Å²) in [5.41, 5.74) is 0. The molecule has 0 spiro atoms. The fourth-order valence-corrected chi connectivity index (χ4v) is 1.10. The van der Waals surface area contributed by atoms with E-state index < -0.39 is 18.7 Å². The van der Waals surface area contributed by atoms with Crippen molar-refractivity contribution in [1.82, 2.24) is 0 Å². The molecule has 0 aromatic carbocycles. The van der Waals surface area contributed by atoms with E-state index in [2.05, 4.69) is 13.8 Å². The van der Waals surface area contributed by atoms with Gasteiger partial charge in [0, 0.05) is 0 Å². The molecule has 0 saturated carbocycles. The third-order valence-electron chi connectivity index (χ3n) is 2.29. The highest BCUT2D eigenvalue weighted by Crippen LogP contribution is 2.13. The average molecular weight is 206 g/mol. The van der Waals surface area contributed by atoms with Crippen LogP contribution in [0.2, 0.25) is 0 Å². The van der Waals surface area contributed by atoms with Crippen molar-refractivity contribution in [2.24, 2.45) is 5.92 Å². The SMILES string of the molecule is CCC(C)CCC(OCCF)C(=O)O. The van der Waals surface area contributed by atoms with E-state index in [4.69, 9.17) is 9.84 Å². The molecule has 3 nitrogen and oxygen atoms in total. The number of carbonyl (C=O) groups is 1. The molecule has 0 bridgehead atoms. The first-order valence-electron chi connectivity index (χ1n) is 5.02. The fraction of sp³-hybridized carbons (Fsp3) is 0.900. The molecule has 0 heterocycles. The van der Waals surface area contributed by atoms with Crippen molar-refractivity contribution in [1.29, 1.82) is 0 Å². The zero-order chi connectivity index (χ0) is 11.0. The van der Waals surface area contributed by atoms with Crippen LogP contribution in [0.4, 0.5) is 4.39 Å². The van der Waals surface area contributed by atoms with Crippen LogP contribution in [0, 0.1) is 5.92 Å². The maximum atomic E-state index is 11.8. The van der Waals surface area contributed by atoms with Crippen molar-refractivity contribution in [2.75, 3.05) is 13.3 Å². The Balaban J connectivity index is 3.79. The molecule has 0 saturated heterocycles. The number of carboxylic acid groups (broad SMARTS) is 1. The lowest BCUT2D eigenvalue weighted by molar-refractivity contribution is -0.151. The van der Waals surface area contributed by atoms with Gasteiger partial charge in [-0.25, -0.2) is 9.18 Å². The highest BCUT2D eigenvalue weighted by molar-refractivity contribution is 5.72. The van der Waals surface area contributed by atoms with Crippen LogP contribution in [0.25, 0.3) is 0 Å². The minimum absolute atomic E-state index is 0.128. The summed E-state index contributed by atoms with van der Waals surface area (Å²) in [6.07, 6.45) is 1.44. The largest absolute Gasteiger partial charge is 0.479 e. The zero-order valence-electron chi connectivity index (χ0n) is 8.83. The van der Waals surface area contributed by atoms with Gasteiger partial charge >= 0.3 is 5.97 Å². The number of hydrogen-bond donors (Lipinski definition) is 1. The predicted molar refractivity (Wildman–Crippen MR) is 52.0 cm³/mol. The molecular weight excluding hydrogens is 187 g/mol. The Kier molecular flexibility index (Phi) is 7.38. The smallest absolute Gasteiger partial charge is 0.332 e. The van der Waals surface area contributed by atoms with E-state index in [1.807, 2.05) is 0 Å². The van der Waals surface area contributed by atoms with E-state index in [9.17, 15) is 9.18 Å². The van der Waals surface area contributed by atoms with Crippen LogP contribution in [0.5, 0.6) is 0 Å². The highest BCUT2D eigenvalue weighted by Gasteiger charge is 2.18. The molecule has 2 unspecified atom stereocenters. The molecule has 0 aromatic rings. The molecule has 4 heteroatoms. The summed E-state index contributed by atoms with van der Waals surface area (Å²) in [7, 11) is 0. The number of hydrogen-bond acceptors (Lipinski definition) is 2. The van der Waals surface area contributed by atoms with Crippen LogP contribution in [0.1, 0.15) is 33.1 Å². The summed E-state index contributed by atoms with van der Waals surface area (Å²) in [6, 6.07) is 0. The van der Waals surface area contributed by atoms with E-state index in [-0.39, 0.29) is 6.61 Å². The molecule has 0 rings (SSSR count). The normalized spacial score (nSPS) is 15.1. The zero-order valence-corrected chi connectivity index (χ0v) is 8.83. The van der Waals surface area contributed by atoms with Gasteiger partial charge in [-0.15, -0.1) is 0 Å². The van der Waals surface area contributed by atoms with Crippen LogP contribution < -0.4 is 0 Å². The minimum atomic E-state index is -0.998. The van der Waals surface area contributed by atoms with Crippen LogP contribution in [-0.2, 0) is 9.53 Å². The second-order valence-corrected chi connectivity index (χ2v) is 3.48. The van der Waals surface area contributed by atoms with Gasteiger partial charge in [-0.2, -0.15) is 0 Å². The average Bonchev–Trinajstić information content (AvgIpc) is 2.16. The number of halogens is 1. The molecule has 0 aromatic heterocycles. The predicted octanol–water partition coefficient (Wildman–Crippen LogP) is 2.25. The summed E-state index contributed by atoms with van der Waals surface area (Å²) < 4.78 is 16.6. The monoisotopic (exact) mass is 206 g/mol. The number of carboxylic acids is 1. The van der Waals surface area contributed by atoms with Gasteiger partial charge < -0.3 is 9.84 Å². The van der Waals surface area contributed by atoms with Crippen molar-refractivity contribution in [3.63, 3.8) is 0 Å². The molecular formula is C10H19FO3. The summed E-state index contributed by atoms with van der Waals surface area (Å²) >= 11 is 0. The van der Waals surface area contributed by atoms with E-state index in [1.165, 1.54) is 0 Å². The second-order valence-electron chi connectivity index (χ2n) is 3.48. The van der Waals surface area contributed by atoms with Gasteiger partial charge in [0.1, 0.15) is 6.67 Å². The first-order chi connectivity index (χ1) is 6.61. The van der Waals surface area contributed by atoms with E-state index >= 15 is 0 Å². The summed E-state index contributed by atoms with van der Waals surface area (Å²) in [4.78, 5) is 10.7. The lowest BCUT2D eigenvalue weighted by Crippen LogP contribution is -2.25. The molecule has 0 aliphatic heterocycles. The van der Waals surface area contributed by atoms with Crippen molar-refractivity contribution in [3.8, 4) is 0 Å². The van der Waals surface area contributed by atoms with Crippen LogP contribution in [0.15, 0.2) is 0 Å². The number of alkyl halides is 1. The van der Waals surface area contributed by atoms with Gasteiger partial charge in [0.15, 0.2) is 6.10 Å². The summed E-state index contributed by atoms with van der Waals surface area (Å²) in [5, 5.41) is 8.74. The number of rotatable bonds is 8. The van der Waals surface area contributed by atoms with Crippen molar-refractivity contribution in [3.05, 3.63) is 0 Å². The minimum Gasteiger partial charge on any atom is -0.479 e. The van der Waals surface area contributed by atoms with Crippen LogP contribution in [0.3, 0.4) is 0 Å². The highest BCUT2D eigenvalue weighted by atomic mass is 19.1. The first kappa shape index (κ1) is 13.4. The summed E-state index contributed by atoms with van der Waals surface area (Å²) in [5.74, 6) is -0.507. The quantitative estimate of drug-likeness (QED) is 0.662. The molecule has 1 N–H and O–H groups in total. The Morgan fingerprint density at radius 3 is 2.57 bits per heavy atom. The molecule has 0 fully saturated rings. The number of ether oxygens (including phenoxy) is 1. The maximum Gasteiger partial charge on any atom is 0.332 e. The molecule has 0 radical (unpaired) electrons. The molecule has 0 amide bonds. The van der Waals surface area contributed by atoms with Crippen LogP contribution >= 0.6 is 0 Å². The van der Waals surface area contributed by atoms with Gasteiger partial charge in [-0.3, -0.25) is 0 Å². The van der Waals surface area contributed by atoms with Gasteiger partial charge in [-0.05, 0) is 18.8 Å². The van der Waals surface area contributed by atoms with Gasteiger partial charge in [0.2, 0.25) is 0 Å². The molecule has 0 aliphatic carbocycles. The van der Waals surface area contributed by atoms with Crippen LogP contribution in [-0.4, -0.2) is 30.5 Å². The van der Waals surface area contributed by atoms with Gasteiger partial charge in [-0.1, -0.05) is 20.3 Å². The fourth-order valence-electron chi connectivity index (χ4n) is 1.10. The van der Waals surface area contributed by atoms with E-state index in [0.29, 0.717) is 12.3 Å². The lowest BCUT2D eigenvalue weighted by atomic mass is 10.0. The van der Waals surface area contributed by atoms with Gasteiger partial charge in [0.05, 0.1) is 6.61 Å². The second kappa shape index (κ2) is 7.74. The third kappa shape index (κ3) is 5.91. The molecule has 0 aliphatic rings. The lowest BCUT2D eigenvalue weighted by Gasteiger charge is -2.14. The summed E-state index contributed by atoms with van der Waals surface area (Å²) in [6.45, 7) is 3.36. The Hall–Kier alpha value is -0.640. The Morgan fingerprint density at radius 2 is 2.14 bits per heavy atom. The molecule has 14 heavy (non-hydrogen) atoms. The van der Waals surface area contributed by atoms with Crippen molar-refractivity contribution in [2.45, 2.75) is 39.2 Å². The van der Waals surface area contributed by atoms with Crippen molar-refractivity contribution >= 4 is 5.97 Å². The Labute approximate surface area is 84.3 Å². The van der Waals surface area contributed by atoms with Gasteiger partial charge in [0.25, 0.3) is 0 Å². The Morgan fingerprint density at radius 1 is 1.50 bits per heavy atom. The van der Waals surface area contributed by atoms with Crippen molar-refractivity contribution < 1.29 is 19.0 Å². The molecule has 2 atom stereocenters. The topological polar surface area (TPSA) is 46.5 Å². The maximum absolute atomic E-state index is 11.8. The van der Waals surface area contributed by atoms with E-state index in [0.717, 1.165) is 12.8 Å². The van der Waals surface area contributed by atoms with E-state index in [1.54, 1.807) is 0 Å².